The van der Waals surface area contributed by atoms with Gasteiger partial charge in [0, 0.05) is 11.6 Å². The lowest BCUT2D eigenvalue weighted by molar-refractivity contribution is -0.139. The molecule has 0 atom stereocenters. The molecule has 16 heavy (non-hydrogen) atoms. The Kier molecular flexibility index (Phi) is 3.85. The average molecular weight is 225 g/mol. The van der Waals surface area contributed by atoms with E-state index in [2.05, 4.69) is 5.32 Å². The standard InChI is InChI=1S/C13H23NO2/c15-12(16)10-13(8-5-9-13)14-11-6-3-1-2-4-7-11/h11,14H,1-10H2,(H,15,16). The van der Waals surface area contributed by atoms with Crippen molar-refractivity contribution in [1.29, 1.82) is 0 Å². The van der Waals surface area contributed by atoms with Crippen LogP contribution in [0.2, 0.25) is 0 Å². The number of hydrogen-bond acceptors (Lipinski definition) is 2. The first-order valence-corrected chi connectivity index (χ1v) is 6.70. The Bertz CT molecular complexity index is 240. The molecule has 0 aromatic carbocycles. The molecule has 2 saturated carbocycles. The Morgan fingerprint density at radius 3 is 2.19 bits per heavy atom. The van der Waals surface area contributed by atoms with Crippen LogP contribution in [-0.4, -0.2) is 22.7 Å². The van der Waals surface area contributed by atoms with Crippen molar-refractivity contribution < 1.29 is 9.90 Å². The molecule has 92 valence electrons. The monoisotopic (exact) mass is 225 g/mol. The summed E-state index contributed by atoms with van der Waals surface area (Å²) in [6.07, 6.45) is 11.4. The van der Waals surface area contributed by atoms with Crippen molar-refractivity contribution >= 4 is 5.97 Å². The molecule has 2 rings (SSSR count). The Balaban J connectivity index is 1.87. The minimum Gasteiger partial charge on any atom is -0.481 e. The van der Waals surface area contributed by atoms with Gasteiger partial charge < -0.3 is 10.4 Å². The van der Waals surface area contributed by atoms with Crippen LogP contribution in [-0.2, 0) is 4.79 Å². The topological polar surface area (TPSA) is 49.3 Å². The smallest absolute Gasteiger partial charge is 0.305 e. The molecule has 0 aromatic heterocycles. The van der Waals surface area contributed by atoms with Gasteiger partial charge in [0.05, 0.1) is 6.42 Å². The average Bonchev–Trinajstić information content (AvgIpc) is 2.42. The zero-order valence-corrected chi connectivity index (χ0v) is 10.0. The number of carbonyl (C=O) groups is 1. The van der Waals surface area contributed by atoms with E-state index in [-0.39, 0.29) is 5.54 Å². The molecule has 2 N–H and O–H groups in total. The molecule has 0 unspecified atom stereocenters. The second kappa shape index (κ2) is 5.17. The lowest BCUT2D eigenvalue weighted by atomic mass is 9.73. The minimum absolute atomic E-state index is 0.0547. The first kappa shape index (κ1) is 11.9. The zero-order chi connectivity index (χ0) is 11.4. The molecule has 0 amide bonds. The van der Waals surface area contributed by atoms with E-state index in [9.17, 15) is 4.79 Å². The highest BCUT2D eigenvalue weighted by molar-refractivity contribution is 5.68. The third-order valence-electron chi connectivity index (χ3n) is 4.17. The van der Waals surface area contributed by atoms with Crippen molar-refractivity contribution in [2.75, 3.05) is 0 Å². The number of rotatable bonds is 4. The summed E-state index contributed by atoms with van der Waals surface area (Å²) < 4.78 is 0. The third-order valence-corrected chi connectivity index (χ3v) is 4.17. The Hall–Kier alpha value is -0.570. The SMILES string of the molecule is O=C(O)CC1(NC2CCCCCC2)CCC1. The third kappa shape index (κ3) is 2.97. The maximum Gasteiger partial charge on any atom is 0.305 e. The quantitative estimate of drug-likeness (QED) is 0.723. The van der Waals surface area contributed by atoms with Crippen molar-refractivity contribution in [3.63, 3.8) is 0 Å². The summed E-state index contributed by atoms with van der Waals surface area (Å²) in [6.45, 7) is 0. The van der Waals surface area contributed by atoms with Crippen molar-refractivity contribution in [2.45, 2.75) is 75.8 Å². The fourth-order valence-corrected chi connectivity index (χ4v) is 3.12. The second-order valence-electron chi connectivity index (χ2n) is 5.54. The minimum atomic E-state index is -0.652. The van der Waals surface area contributed by atoms with Crippen LogP contribution in [0.25, 0.3) is 0 Å². The first-order chi connectivity index (χ1) is 7.70. The van der Waals surface area contributed by atoms with Gasteiger partial charge in [-0.2, -0.15) is 0 Å². The maximum atomic E-state index is 10.9. The molecule has 3 heteroatoms. The molecule has 2 aliphatic carbocycles. The van der Waals surface area contributed by atoms with Gasteiger partial charge in [-0.1, -0.05) is 25.7 Å². The highest BCUT2D eigenvalue weighted by Crippen LogP contribution is 2.36. The summed E-state index contributed by atoms with van der Waals surface area (Å²) >= 11 is 0. The summed E-state index contributed by atoms with van der Waals surface area (Å²) in [6, 6.07) is 0.571. The molecule has 2 fully saturated rings. The van der Waals surface area contributed by atoms with Crippen molar-refractivity contribution in [3.8, 4) is 0 Å². The van der Waals surface area contributed by atoms with E-state index >= 15 is 0 Å². The fraction of sp³-hybridized carbons (Fsp3) is 0.923. The van der Waals surface area contributed by atoms with E-state index < -0.39 is 5.97 Å². The van der Waals surface area contributed by atoms with E-state index in [0.29, 0.717) is 12.5 Å². The van der Waals surface area contributed by atoms with Gasteiger partial charge in [-0.25, -0.2) is 0 Å². The van der Waals surface area contributed by atoms with Crippen LogP contribution in [0.15, 0.2) is 0 Å². The van der Waals surface area contributed by atoms with Gasteiger partial charge in [0.2, 0.25) is 0 Å². The van der Waals surface area contributed by atoms with Crippen molar-refractivity contribution in [2.24, 2.45) is 0 Å². The molecule has 3 nitrogen and oxygen atoms in total. The van der Waals surface area contributed by atoms with Crippen LogP contribution in [0, 0.1) is 0 Å². The Morgan fingerprint density at radius 2 is 1.75 bits per heavy atom. The number of carboxylic acids is 1. The van der Waals surface area contributed by atoms with E-state index in [4.69, 9.17) is 5.11 Å². The van der Waals surface area contributed by atoms with E-state index in [1.807, 2.05) is 0 Å². The largest absolute Gasteiger partial charge is 0.481 e. The number of aliphatic carboxylic acids is 1. The summed E-state index contributed by atoms with van der Waals surface area (Å²) in [5, 5.41) is 12.6. The van der Waals surface area contributed by atoms with Crippen LogP contribution in [0.5, 0.6) is 0 Å². The van der Waals surface area contributed by atoms with Gasteiger partial charge in [-0.3, -0.25) is 4.79 Å². The maximum absolute atomic E-state index is 10.9. The van der Waals surface area contributed by atoms with E-state index in [0.717, 1.165) is 12.8 Å². The number of nitrogens with one attached hydrogen (secondary N) is 1. The highest BCUT2D eigenvalue weighted by Gasteiger charge is 2.40. The lowest BCUT2D eigenvalue weighted by Crippen LogP contribution is -2.56. The highest BCUT2D eigenvalue weighted by atomic mass is 16.4. The second-order valence-corrected chi connectivity index (χ2v) is 5.54. The molecule has 0 spiro atoms. The Labute approximate surface area is 97.6 Å². The van der Waals surface area contributed by atoms with Crippen molar-refractivity contribution in [1.82, 2.24) is 5.32 Å². The molecular formula is C13H23NO2. The summed E-state index contributed by atoms with van der Waals surface area (Å²) in [4.78, 5) is 10.9. The van der Waals surface area contributed by atoms with Crippen LogP contribution in [0.3, 0.4) is 0 Å². The predicted octanol–water partition coefficient (Wildman–Crippen LogP) is 2.70. The van der Waals surface area contributed by atoms with Crippen LogP contribution < -0.4 is 5.32 Å². The molecule has 0 aromatic rings. The van der Waals surface area contributed by atoms with Gasteiger partial charge in [0.25, 0.3) is 0 Å². The fourth-order valence-electron chi connectivity index (χ4n) is 3.12. The Morgan fingerprint density at radius 1 is 1.12 bits per heavy atom. The van der Waals surface area contributed by atoms with Crippen LogP contribution in [0.4, 0.5) is 0 Å². The van der Waals surface area contributed by atoms with Crippen LogP contribution in [0.1, 0.15) is 64.2 Å². The van der Waals surface area contributed by atoms with Gasteiger partial charge in [-0.05, 0) is 32.1 Å². The number of carboxylic acid groups (broad SMARTS) is 1. The summed E-state index contributed by atoms with van der Waals surface area (Å²) in [5.41, 5.74) is -0.0547. The summed E-state index contributed by atoms with van der Waals surface area (Å²) in [5.74, 6) is -0.652. The van der Waals surface area contributed by atoms with Crippen molar-refractivity contribution in [3.05, 3.63) is 0 Å². The van der Waals surface area contributed by atoms with E-state index in [1.54, 1.807) is 0 Å². The summed E-state index contributed by atoms with van der Waals surface area (Å²) in [7, 11) is 0. The predicted molar refractivity (Wildman–Crippen MR) is 63.5 cm³/mol. The van der Waals surface area contributed by atoms with Crippen LogP contribution >= 0.6 is 0 Å². The molecule has 0 heterocycles. The first-order valence-electron chi connectivity index (χ1n) is 6.70. The molecule has 0 bridgehead atoms. The van der Waals surface area contributed by atoms with Gasteiger partial charge in [0.15, 0.2) is 0 Å². The van der Waals surface area contributed by atoms with E-state index in [1.165, 1.54) is 44.9 Å². The molecule has 0 aliphatic heterocycles. The molecule has 2 aliphatic rings. The number of hydrogen-bond donors (Lipinski definition) is 2. The normalized spacial score (nSPS) is 25.8. The zero-order valence-electron chi connectivity index (χ0n) is 10.0. The molecule has 0 saturated heterocycles. The van der Waals surface area contributed by atoms with Gasteiger partial charge in [0.1, 0.15) is 0 Å². The molecular weight excluding hydrogens is 202 g/mol. The molecule has 0 radical (unpaired) electrons. The van der Waals surface area contributed by atoms with Gasteiger partial charge in [-0.15, -0.1) is 0 Å². The van der Waals surface area contributed by atoms with Gasteiger partial charge >= 0.3 is 5.97 Å². The lowest BCUT2D eigenvalue weighted by Gasteiger charge is -2.44.